The van der Waals surface area contributed by atoms with Gasteiger partial charge in [0.1, 0.15) is 0 Å². The first-order valence-corrected chi connectivity index (χ1v) is 7.79. The van der Waals surface area contributed by atoms with Gasteiger partial charge in [0, 0.05) is 12.1 Å². The van der Waals surface area contributed by atoms with Gasteiger partial charge in [-0.1, -0.05) is 17.7 Å². The number of sulfonamides is 1. The van der Waals surface area contributed by atoms with Gasteiger partial charge in [-0.15, -0.1) is 4.41 Å². The predicted molar refractivity (Wildman–Crippen MR) is 73.7 cm³/mol. The molecule has 1 aromatic rings. The van der Waals surface area contributed by atoms with Crippen molar-refractivity contribution in [2.24, 2.45) is 5.10 Å². The lowest BCUT2D eigenvalue weighted by molar-refractivity contribution is -0.291. The maximum atomic E-state index is 13.1. The quantitative estimate of drug-likeness (QED) is 0.901. The molecule has 9 heteroatoms. The van der Waals surface area contributed by atoms with Gasteiger partial charge in [0.2, 0.25) is 0 Å². The highest BCUT2D eigenvalue weighted by atomic mass is 32.2. The van der Waals surface area contributed by atoms with Gasteiger partial charge in [-0.3, -0.25) is 0 Å². The van der Waals surface area contributed by atoms with Gasteiger partial charge < -0.3 is 5.11 Å². The second kappa shape index (κ2) is 4.95. The molecule has 1 heterocycles. The third-order valence-electron chi connectivity index (χ3n) is 3.37. The highest BCUT2D eigenvalue weighted by molar-refractivity contribution is 7.89. The first kappa shape index (κ1) is 16.8. The second-order valence-corrected chi connectivity index (χ2v) is 7.08. The summed E-state index contributed by atoms with van der Waals surface area (Å²) in [6.45, 7) is 4.43. The number of hydrogen-bond acceptors (Lipinski definition) is 4. The summed E-state index contributed by atoms with van der Waals surface area (Å²) in [6.07, 6.45) is -6.08. The number of halogens is 3. The highest BCUT2D eigenvalue weighted by Crippen LogP contribution is 2.43. The number of alkyl halides is 3. The average molecular weight is 336 g/mol. The Morgan fingerprint density at radius 3 is 2.36 bits per heavy atom. The molecule has 0 aliphatic carbocycles. The van der Waals surface area contributed by atoms with Gasteiger partial charge in [0.25, 0.3) is 15.7 Å². The van der Waals surface area contributed by atoms with Crippen molar-refractivity contribution in [3.8, 4) is 0 Å². The zero-order chi connectivity index (χ0) is 16.9. The molecule has 1 unspecified atom stereocenters. The summed E-state index contributed by atoms with van der Waals surface area (Å²) in [5, 5.41) is 13.3. The molecule has 0 fully saturated rings. The van der Waals surface area contributed by atoms with Crippen LogP contribution in [0.3, 0.4) is 0 Å². The smallest absolute Gasteiger partial charge is 0.361 e. The molecule has 5 nitrogen and oxygen atoms in total. The molecule has 0 spiro atoms. The van der Waals surface area contributed by atoms with Gasteiger partial charge in [-0.25, -0.2) is 0 Å². The minimum absolute atomic E-state index is 0.117. The van der Waals surface area contributed by atoms with E-state index in [0.29, 0.717) is 0 Å². The lowest BCUT2D eigenvalue weighted by Crippen LogP contribution is -2.56. The van der Waals surface area contributed by atoms with Crippen LogP contribution >= 0.6 is 0 Å². The number of aliphatic hydroxyl groups is 1. The number of rotatable bonds is 2. The summed E-state index contributed by atoms with van der Waals surface area (Å²) in [6, 6.07) is 4.21. The Morgan fingerprint density at radius 2 is 1.86 bits per heavy atom. The molecule has 0 saturated heterocycles. The van der Waals surface area contributed by atoms with E-state index in [1.165, 1.54) is 32.0 Å². The zero-order valence-electron chi connectivity index (χ0n) is 12.1. The van der Waals surface area contributed by atoms with Crippen molar-refractivity contribution in [1.82, 2.24) is 4.41 Å². The number of hydrazone groups is 1. The van der Waals surface area contributed by atoms with E-state index in [0.717, 1.165) is 5.56 Å². The van der Waals surface area contributed by atoms with Crippen molar-refractivity contribution in [3.63, 3.8) is 0 Å². The minimum atomic E-state index is -5.17. The molecular weight excluding hydrogens is 321 g/mol. The Balaban J connectivity index is 2.61. The van der Waals surface area contributed by atoms with E-state index in [-0.39, 0.29) is 20.6 Å². The number of hydrogen-bond donors (Lipinski definition) is 1. The average Bonchev–Trinajstić information content (AvgIpc) is 2.65. The van der Waals surface area contributed by atoms with Crippen LogP contribution in [-0.4, -0.2) is 35.6 Å². The summed E-state index contributed by atoms with van der Waals surface area (Å²) in [7, 11) is -4.63. The van der Waals surface area contributed by atoms with Gasteiger partial charge in [0.15, 0.2) is 0 Å². The lowest BCUT2D eigenvalue weighted by atomic mass is 10.1. The lowest BCUT2D eigenvalue weighted by Gasteiger charge is -2.33. The summed E-state index contributed by atoms with van der Waals surface area (Å²) >= 11 is 0. The molecule has 122 valence electrons. The van der Waals surface area contributed by atoms with Crippen LogP contribution in [0.1, 0.15) is 24.5 Å². The van der Waals surface area contributed by atoms with Gasteiger partial charge >= 0.3 is 6.18 Å². The van der Waals surface area contributed by atoms with Crippen molar-refractivity contribution in [3.05, 3.63) is 29.3 Å². The fraction of sp³-hybridized carbons (Fsp3) is 0.462. The van der Waals surface area contributed by atoms with E-state index in [9.17, 15) is 26.7 Å². The van der Waals surface area contributed by atoms with E-state index in [1.807, 2.05) is 0 Å². The van der Waals surface area contributed by atoms with E-state index < -0.39 is 28.3 Å². The van der Waals surface area contributed by atoms with Crippen molar-refractivity contribution in [1.29, 1.82) is 0 Å². The van der Waals surface area contributed by atoms with E-state index >= 15 is 0 Å². The molecule has 1 aliphatic heterocycles. The molecule has 22 heavy (non-hydrogen) atoms. The SMILES string of the molecule is CC1=NN(S(=O)(=O)c2ccc(C)cc2C)C(O)(C(F)(F)F)C1. The number of benzene rings is 1. The molecule has 0 radical (unpaired) electrons. The summed E-state index contributed by atoms with van der Waals surface area (Å²) in [5.74, 6) is 0. The van der Waals surface area contributed by atoms with Crippen LogP contribution in [0.5, 0.6) is 0 Å². The maximum absolute atomic E-state index is 13.1. The molecule has 2 rings (SSSR count). The van der Waals surface area contributed by atoms with Crippen LogP contribution in [-0.2, 0) is 10.0 Å². The standard InChI is InChI=1S/C13H15F3N2O3S/c1-8-4-5-11(9(2)6-8)22(20,21)18-12(19,13(14,15)16)7-10(3)17-18/h4-6,19H,7H2,1-3H3. The Bertz CT molecular complexity index is 743. The van der Waals surface area contributed by atoms with Crippen LogP contribution in [0.4, 0.5) is 13.2 Å². The Labute approximate surface area is 126 Å². The molecular formula is C13H15F3N2O3S. The van der Waals surface area contributed by atoms with Crippen LogP contribution in [0.2, 0.25) is 0 Å². The van der Waals surface area contributed by atoms with Gasteiger partial charge in [0.05, 0.1) is 4.90 Å². The largest absolute Gasteiger partial charge is 0.439 e. The van der Waals surface area contributed by atoms with Crippen LogP contribution in [0, 0.1) is 13.8 Å². The third-order valence-corrected chi connectivity index (χ3v) is 5.22. The van der Waals surface area contributed by atoms with Gasteiger partial charge in [-0.05, 0) is 32.4 Å². The van der Waals surface area contributed by atoms with Gasteiger partial charge in [-0.2, -0.15) is 26.7 Å². The summed E-state index contributed by atoms with van der Waals surface area (Å²) in [4.78, 5) is -0.320. The first-order chi connectivity index (χ1) is 9.89. The second-order valence-electron chi connectivity index (χ2n) is 5.34. The van der Waals surface area contributed by atoms with E-state index in [1.54, 1.807) is 6.92 Å². The zero-order valence-corrected chi connectivity index (χ0v) is 13.0. The number of nitrogens with zero attached hydrogens (tertiary/aromatic N) is 2. The van der Waals surface area contributed by atoms with E-state index in [4.69, 9.17) is 0 Å². The Morgan fingerprint density at radius 1 is 1.27 bits per heavy atom. The fourth-order valence-electron chi connectivity index (χ4n) is 2.34. The molecule has 0 saturated carbocycles. The molecule has 1 atom stereocenters. The molecule has 1 N–H and O–H groups in total. The number of aryl methyl sites for hydroxylation is 2. The Kier molecular flexibility index (Phi) is 3.77. The van der Waals surface area contributed by atoms with Crippen molar-refractivity contribution < 1.29 is 26.7 Å². The van der Waals surface area contributed by atoms with Crippen molar-refractivity contribution >= 4 is 15.7 Å². The van der Waals surface area contributed by atoms with Crippen LogP contribution in [0.25, 0.3) is 0 Å². The van der Waals surface area contributed by atoms with Crippen molar-refractivity contribution in [2.45, 2.75) is 44.0 Å². The predicted octanol–water partition coefficient (Wildman–Crippen LogP) is 2.32. The van der Waals surface area contributed by atoms with Crippen LogP contribution in [0.15, 0.2) is 28.2 Å². The molecule has 0 amide bonds. The Hall–Kier alpha value is -1.61. The molecule has 1 aromatic carbocycles. The van der Waals surface area contributed by atoms with E-state index in [2.05, 4.69) is 5.10 Å². The molecule has 0 aromatic heterocycles. The topological polar surface area (TPSA) is 70.0 Å². The monoisotopic (exact) mass is 336 g/mol. The van der Waals surface area contributed by atoms with Crippen LogP contribution < -0.4 is 0 Å². The highest BCUT2D eigenvalue weighted by Gasteiger charge is 2.64. The normalized spacial score (nSPS) is 22.9. The molecule has 1 aliphatic rings. The minimum Gasteiger partial charge on any atom is -0.361 e. The summed E-state index contributed by atoms with van der Waals surface area (Å²) < 4.78 is 64.3. The molecule has 0 bridgehead atoms. The van der Waals surface area contributed by atoms with Crippen molar-refractivity contribution in [2.75, 3.05) is 0 Å². The first-order valence-electron chi connectivity index (χ1n) is 6.35. The summed E-state index contributed by atoms with van der Waals surface area (Å²) in [5.41, 5.74) is -2.63. The fourth-order valence-corrected chi connectivity index (χ4v) is 4.05. The third kappa shape index (κ3) is 2.48. The maximum Gasteiger partial charge on any atom is 0.439 e.